The Hall–Kier alpha value is -0.0800. The topological polar surface area (TPSA) is 29.3 Å². The van der Waals surface area contributed by atoms with E-state index in [-0.39, 0.29) is 0 Å². The van der Waals surface area contributed by atoms with Gasteiger partial charge >= 0.3 is 0 Å². The fraction of sp³-hybridized carbons (Fsp3) is 1.00. The Kier molecular flexibility index (Phi) is 4.87. The van der Waals surface area contributed by atoms with Gasteiger partial charge in [0.15, 0.2) is 0 Å². The first kappa shape index (κ1) is 13.4. The van der Waals surface area contributed by atoms with Crippen molar-refractivity contribution in [2.75, 3.05) is 13.1 Å². The Morgan fingerprint density at radius 1 is 1.00 bits per heavy atom. The molecule has 2 heteroatoms. The molecule has 0 aromatic carbocycles. The third kappa shape index (κ3) is 3.45. The summed E-state index contributed by atoms with van der Waals surface area (Å²) in [5.41, 5.74) is 6.41. The lowest BCUT2D eigenvalue weighted by molar-refractivity contribution is 0.171. The predicted octanol–water partition coefficient (Wildman–Crippen LogP) is 3.01. The monoisotopic (exact) mass is 238 g/mol. The molecule has 1 heterocycles. The fourth-order valence-corrected chi connectivity index (χ4v) is 3.61. The molecule has 3 atom stereocenters. The molecule has 2 rings (SSSR count). The molecule has 1 aliphatic heterocycles. The van der Waals surface area contributed by atoms with Gasteiger partial charge in [-0.25, -0.2) is 0 Å². The van der Waals surface area contributed by atoms with E-state index < -0.39 is 0 Å². The number of nitrogens with two attached hydrogens (primary N) is 1. The second-order valence-corrected chi connectivity index (χ2v) is 6.51. The number of hydrogen-bond donors (Lipinski definition) is 1. The minimum atomic E-state index is 0.432. The van der Waals surface area contributed by atoms with E-state index in [9.17, 15) is 0 Å². The molecule has 1 saturated carbocycles. The van der Waals surface area contributed by atoms with E-state index in [1.54, 1.807) is 0 Å². The smallest absolute Gasteiger partial charge is 0.0247 e. The van der Waals surface area contributed by atoms with Gasteiger partial charge in [0.1, 0.15) is 0 Å². The van der Waals surface area contributed by atoms with Crippen LogP contribution < -0.4 is 5.73 Å². The van der Waals surface area contributed by atoms with Crippen molar-refractivity contribution in [2.24, 2.45) is 17.6 Å². The quantitative estimate of drug-likeness (QED) is 0.801. The molecule has 0 radical (unpaired) electrons. The SMILES string of the molecule is CC(C)C1CCN(C2CCCCCCC2N)C1. The Bertz CT molecular complexity index is 227. The molecular formula is C15H30N2. The molecule has 0 spiro atoms. The van der Waals surface area contributed by atoms with Crippen LogP contribution in [0.1, 0.15) is 58.8 Å². The first-order valence-electron chi connectivity index (χ1n) is 7.68. The summed E-state index contributed by atoms with van der Waals surface area (Å²) in [6.07, 6.45) is 9.53. The maximum Gasteiger partial charge on any atom is 0.0247 e. The molecule has 2 nitrogen and oxygen atoms in total. The molecule has 1 aliphatic carbocycles. The van der Waals surface area contributed by atoms with Crippen LogP contribution in [-0.2, 0) is 0 Å². The summed E-state index contributed by atoms with van der Waals surface area (Å²) in [6.45, 7) is 7.33. The van der Waals surface area contributed by atoms with Gasteiger partial charge in [-0.05, 0) is 37.6 Å². The van der Waals surface area contributed by atoms with Crippen molar-refractivity contribution >= 4 is 0 Å². The van der Waals surface area contributed by atoms with Crippen LogP contribution in [0.4, 0.5) is 0 Å². The summed E-state index contributed by atoms with van der Waals surface area (Å²) in [5, 5.41) is 0. The van der Waals surface area contributed by atoms with Crippen molar-refractivity contribution in [3.63, 3.8) is 0 Å². The largest absolute Gasteiger partial charge is 0.326 e. The van der Waals surface area contributed by atoms with Gasteiger partial charge in [0.2, 0.25) is 0 Å². The normalized spacial score (nSPS) is 37.1. The third-order valence-corrected chi connectivity index (χ3v) is 4.95. The van der Waals surface area contributed by atoms with Crippen LogP contribution >= 0.6 is 0 Å². The maximum atomic E-state index is 6.41. The Labute approximate surface area is 107 Å². The van der Waals surface area contributed by atoms with Gasteiger partial charge in [-0.3, -0.25) is 4.90 Å². The summed E-state index contributed by atoms with van der Waals surface area (Å²) in [4.78, 5) is 2.71. The first-order chi connectivity index (χ1) is 8.18. The van der Waals surface area contributed by atoms with Crippen molar-refractivity contribution in [3.05, 3.63) is 0 Å². The van der Waals surface area contributed by atoms with Gasteiger partial charge in [0.25, 0.3) is 0 Å². The molecule has 1 saturated heterocycles. The zero-order valence-corrected chi connectivity index (χ0v) is 11.7. The summed E-state index contributed by atoms with van der Waals surface area (Å²) in [5.74, 6) is 1.75. The van der Waals surface area contributed by atoms with E-state index in [4.69, 9.17) is 5.73 Å². The van der Waals surface area contributed by atoms with Gasteiger partial charge in [-0.15, -0.1) is 0 Å². The van der Waals surface area contributed by atoms with E-state index in [0.29, 0.717) is 12.1 Å². The average Bonchev–Trinajstić information content (AvgIpc) is 2.73. The summed E-state index contributed by atoms with van der Waals surface area (Å²) in [7, 11) is 0. The van der Waals surface area contributed by atoms with Gasteiger partial charge in [-0.2, -0.15) is 0 Å². The number of rotatable bonds is 2. The molecule has 0 aromatic heterocycles. The molecule has 0 amide bonds. The van der Waals surface area contributed by atoms with E-state index in [1.807, 2.05) is 0 Å². The van der Waals surface area contributed by atoms with Crippen LogP contribution in [0.5, 0.6) is 0 Å². The Morgan fingerprint density at radius 3 is 2.35 bits per heavy atom. The van der Waals surface area contributed by atoms with Crippen molar-refractivity contribution in [3.8, 4) is 0 Å². The highest BCUT2D eigenvalue weighted by Gasteiger charge is 2.32. The van der Waals surface area contributed by atoms with Gasteiger partial charge in [0, 0.05) is 18.6 Å². The summed E-state index contributed by atoms with van der Waals surface area (Å²) in [6, 6.07) is 1.11. The first-order valence-corrected chi connectivity index (χ1v) is 7.68. The predicted molar refractivity (Wildman–Crippen MR) is 74.0 cm³/mol. The van der Waals surface area contributed by atoms with Crippen LogP contribution in [0.3, 0.4) is 0 Å². The molecule has 0 bridgehead atoms. The van der Waals surface area contributed by atoms with Crippen LogP contribution in [0.2, 0.25) is 0 Å². The lowest BCUT2D eigenvalue weighted by atomic mass is 9.91. The second kappa shape index (κ2) is 6.19. The van der Waals surface area contributed by atoms with Crippen molar-refractivity contribution in [1.82, 2.24) is 4.90 Å². The van der Waals surface area contributed by atoms with Crippen LogP contribution in [0.15, 0.2) is 0 Å². The highest BCUT2D eigenvalue weighted by molar-refractivity contribution is 4.89. The lowest BCUT2D eigenvalue weighted by Crippen LogP contribution is -2.47. The zero-order chi connectivity index (χ0) is 12.3. The summed E-state index contributed by atoms with van der Waals surface area (Å²) >= 11 is 0. The van der Waals surface area contributed by atoms with Gasteiger partial charge < -0.3 is 5.73 Å². The summed E-state index contributed by atoms with van der Waals surface area (Å²) < 4.78 is 0. The lowest BCUT2D eigenvalue weighted by Gasteiger charge is -2.34. The van der Waals surface area contributed by atoms with Gasteiger partial charge in [0.05, 0.1) is 0 Å². The Balaban J connectivity index is 1.90. The zero-order valence-electron chi connectivity index (χ0n) is 11.7. The second-order valence-electron chi connectivity index (χ2n) is 6.51. The minimum Gasteiger partial charge on any atom is -0.326 e. The van der Waals surface area contributed by atoms with Crippen LogP contribution in [0, 0.1) is 11.8 Å². The van der Waals surface area contributed by atoms with Crippen molar-refractivity contribution in [1.29, 1.82) is 0 Å². The number of nitrogens with zero attached hydrogens (tertiary/aromatic N) is 1. The highest BCUT2D eigenvalue weighted by atomic mass is 15.2. The van der Waals surface area contributed by atoms with E-state index >= 15 is 0 Å². The van der Waals surface area contributed by atoms with Crippen LogP contribution in [0.25, 0.3) is 0 Å². The van der Waals surface area contributed by atoms with E-state index in [0.717, 1.165) is 11.8 Å². The molecule has 100 valence electrons. The van der Waals surface area contributed by atoms with Gasteiger partial charge in [-0.1, -0.05) is 39.5 Å². The van der Waals surface area contributed by atoms with E-state index in [1.165, 1.54) is 58.0 Å². The molecule has 2 N–H and O–H groups in total. The molecule has 2 fully saturated rings. The standard InChI is InChI=1S/C15H30N2/c1-12(2)13-9-10-17(11-13)15-8-6-4-3-5-7-14(15)16/h12-15H,3-11,16H2,1-2H3. The molecule has 2 aliphatic rings. The molecule has 17 heavy (non-hydrogen) atoms. The number of hydrogen-bond acceptors (Lipinski definition) is 2. The fourth-order valence-electron chi connectivity index (χ4n) is 3.61. The minimum absolute atomic E-state index is 0.432. The van der Waals surface area contributed by atoms with Crippen molar-refractivity contribution in [2.45, 2.75) is 70.9 Å². The average molecular weight is 238 g/mol. The molecule has 3 unspecified atom stereocenters. The Morgan fingerprint density at radius 2 is 1.71 bits per heavy atom. The molecular weight excluding hydrogens is 208 g/mol. The molecule has 0 aromatic rings. The van der Waals surface area contributed by atoms with Crippen LogP contribution in [-0.4, -0.2) is 30.1 Å². The maximum absolute atomic E-state index is 6.41. The third-order valence-electron chi connectivity index (χ3n) is 4.95. The van der Waals surface area contributed by atoms with E-state index in [2.05, 4.69) is 18.7 Å². The highest BCUT2D eigenvalue weighted by Crippen LogP contribution is 2.29. The van der Waals surface area contributed by atoms with Crippen molar-refractivity contribution < 1.29 is 0 Å². The number of likely N-dealkylation sites (tertiary alicyclic amines) is 1.